The van der Waals surface area contributed by atoms with Gasteiger partial charge in [0.1, 0.15) is 0 Å². The summed E-state index contributed by atoms with van der Waals surface area (Å²) in [5.41, 5.74) is 0.772. The zero-order valence-corrected chi connectivity index (χ0v) is 13.0. The van der Waals surface area contributed by atoms with Crippen molar-refractivity contribution in [1.82, 2.24) is 10.2 Å². The zero-order chi connectivity index (χ0) is 15.4. The number of nitrogens with one attached hydrogen (secondary N) is 1. The van der Waals surface area contributed by atoms with E-state index in [0.29, 0.717) is 16.3 Å². The molecule has 0 spiro atoms. The summed E-state index contributed by atoms with van der Waals surface area (Å²) in [6, 6.07) is 4.22. The van der Waals surface area contributed by atoms with Crippen molar-refractivity contribution in [3.63, 3.8) is 0 Å². The summed E-state index contributed by atoms with van der Waals surface area (Å²) >= 11 is 2.84. The van der Waals surface area contributed by atoms with Crippen molar-refractivity contribution in [2.45, 2.75) is 18.2 Å². The summed E-state index contributed by atoms with van der Waals surface area (Å²) in [7, 11) is 0. The van der Waals surface area contributed by atoms with E-state index < -0.39 is 4.92 Å². The Morgan fingerprint density at radius 2 is 2.24 bits per heavy atom. The summed E-state index contributed by atoms with van der Waals surface area (Å²) in [5, 5.41) is 21.6. The number of benzene rings is 1. The Morgan fingerprint density at radius 3 is 2.86 bits per heavy atom. The molecule has 1 heterocycles. The van der Waals surface area contributed by atoms with E-state index in [1.54, 1.807) is 18.7 Å². The van der Waals surface area contributed by atoms with Crippen molar-refractivity contribution >= 4 is 39.8 Å². The first-order valence-electron chi connectivity index (χ1n) is 6.04. The predicted octanol–water partition coefficient (Wildman–Crippen LogP) is 3.12. The Labute approximate surface area is 128 Å². The quantitative estimate of drug-likeness (QED) is 0.393. The minimum Gasteiger partial charge on any atom is -0.296 e. The number of hydrogen-bond donors (Lipinski definition) is 1. The molecule has 0 unspecified atom stereocenters. The van der Waals surface area contributed by atoms with E-state index in [9.17, 15) is 14.9 Å². The lowest BCUT2D eigenvalue weighted by Crippen LogP contribution is -2.12. The van der Waals surface area contributed by atoms with E-state index in [1.807, 2.05) is 6.92 Å². The molecule has 0 aliphatic rings. The van der Waals surface area contributed by atoms with Crippen molar-refractivity contribution < 1.29 is 9.72 Å². The van der Waals surface area contributed by atoms with Crippen LogP contribution in [0.5, 0.6) is 0 Å². The third kappa shape index (κ3) is 3.76. The van der Waals surface area contributed by atoms with Gasteiger partial charge in [-0.3, -0.25) is 20.2 Å². The second kappa shape index (κ2) is 6.64. The van der Waals surface area contributed by atoms with Gasteiger partial charge in [-0.25, -0.2) is 0 Å². The minimum absolute atomic E-state index is 0.0101. The lowest BCUT2D eigenvalue weighted by atomic mass is 10.1. The molecule has 0 radical (unpaired) electrons. The van der Waals surface area contributed by atoms with Crippen LogP contribution in [0.15, 0.2) is 22.5 Å². The van der Waals surface area contributed by atoms with Crippen molar-refractivity contribution in [2.75, 3.05) is 11.1 Å². The predicted molar refractivity (Wildman–Crippen MR) is 82.1 cm³/mol. The van der Waals surface area contributed by atoms with Crippen molar-refractivity contribution in [3.8, 4) is 0 Å². The number of aromatic nitrogens is 2. The molecule has 0 saturated carbocycles. The molecule has 110 valence electrons. The number of anilines is 1. The van der Waals surface area contributed by atoms with Crippen LogP contribution in [0, 0.1) is 17.0 Å². The maximum atomic E-state index is 12.1. The average Bonchev–Trinajstić information content (AvgIpc) is 2.86. The largest absolute Gasteiger partial charge is 0.296 e. The third-order valence-corrected chi connectivity index (χ3v) is 4.40. The number of carbonyl (C=O) groups is 1. The molecule has 7 nitrogen and oxygen atoms in total. The molecule has 0 bridgehead atoms. The lowest BCUT2D eigenvalue weighted by Gasteiger charge is -2.03. The number of amides is 1. The standard InChI is InChI=1S/C12H12N4O3S2/c1-3-20-12-15-14-11(21-12)13-10(17)8-4-5-9(16(18)19)7(2)6-8/h4-6H,3H2,1-2H3,(H,13,14,17). The molecule has 0 fully saturated rings. The Bertz CT molecular complexity index is 687. The maximum Gasteiger partial charge on any atom is 0.272 e. The van der Waals surface area contributed by atoms with Crippen LogP contribution in [0.2, 0.25) is 0 Å². The van der Waals surface area contributed by atoms with E-state index in [0.717, 1.165) is 10.1 Å². The van der Waals surface area contributed by atoms with Crippen molar-refractivity contribution in [3.05, 3.63) is 39.4 Å². The summed E-state index contributed by atoms with van der Waals surface area (Å²) in [6.45, 7) is 3.60. The van der Waals surface area contributed by atoms with Crippen LogP contribution in [-0.2, 0) is 0 Å². The van der Waals surface area contributed by atoms with Crippen LogP contribution >= 0.6 is 23.1 Å². The van der Waals surface area contributed by atoms with Gasteiger partial charge in [-0.1, -0.05) is 30.0 Å². The molecular formula is C12H12N4O3S2. The monoisotopic (exact) mass is 324 g/mol. The van der Waals surface area contributed by atoms with Gasteiger partial charge >= 0.3 is 0 Å². The third-order valence-electron chi connectivity index (χ3n) is 2.55. The summed E-state index contributed by atoms with van der Waals surface area (Å²) in [5.74, 6) is 0.515. The first-order chi connectivity index (χ1) is 10.0. The van der Waals surface area contributed by atoms with Gasteiger partial charge < -0.3 is 0 Å². The molecule has 0 atom stereocenters. The minimum atomic E-state index is -0.476. The fourth-order valence-electron chi connectivity index (χ4n) is 1.61. The molecule has 9 heteroatoms. The van der Waals surface area contributed by atoms with Crippen LogP contribution in [0.3, 0.4) is 0 Å². The second-order valence-corrected chi connectivity index (χ2v) is 6.51. The van der Waals surface area contributed by atoms with Crippen LogP contribution in [0.1, 0.15) is 22.8 Å². The number of rotatable bonds is 5. The number of carbonyl (C=O) groups excluding carboxylic acids is 1. The highest BCUT2D eigenvalue weighted by molar-refractivity contribution is 8.01. The van der Waals surface area contributed by atoms with E-state index in [4.69, 9.17) is 0 Å². The summed E-state index contributed by atoms with van der Waals surface area (Å²) < 4.78 is 0.785. The fraction of sp³-hybridized carbons (Fsp3) is 0.250. The van der Waals surface area contributed by atoms with E-state index >= 15 is 0 Å². The molecule has 1 aromatic heterocycles. The molecule has 1 N–H and O–H groups in total. The molecule has 1 amide bonds. The molecule has 2 rings (SSSR count). The average molecular weight is 324 g/mol. The van der Waals surface area contributed by atoms with Gasteiger partial charge in [0, 0.05) is 17.2 Å². The highest BCUT2D eigenvalue weighted by atomic mass is 32.2. The number of aryl methyl sites for hydroxylation is 1. The maximum absolute atomic E-state index is 12.1. The zero-order valence-electron chi connectivity index (χ0n) is 11.3. The van der Waals surface area contributed by atoms with E-state index in [-0.39, 0.29) is 11.6 Å². The van der Waals surface area contributed by atoms with Crippen molar-refractivity contribution in [1.29, 1.82) is 0 Å². The molecule has 1 aromatic carbocycles. The topological polar surface area (TPSA) is 98.0 Å². The van der Waals surface area contributed by atoms with Crippen LogP contribution in [0.4, 0.5) is 10.8 Å². The highest BCUT2D eigenvalue weighted by Crippen LogP contribution is 2.25. The summed E-state index contributed by atoms with van der Waals surface area (Å²) in [4.78, 5) is 22.3. The summed E-state index contributed by atoms with van der Waals surface area (Å²) in [6.07, 6.45) is 0. The van der Waals surface area contributed by atoms with E-state index in [2.05, 4.69) is 15.5 Å². The van der Waals surface area contributed by atoms with Gasteiger partial charge in [-0.2, -0.15) is 0 Å². The smallest absolute Gasteiger partial charge is 0.272 e. The first-order valence-corrected chi connectivity index (χ1v) is 7.84. The van der Waals surface area contributed by atoms with Gasteiger partial charge in [-0.05, 0) is 24.8 Å². The number of nitrogens with zero attached hydrogens (tertiary/aromatic N) is 3. The van der Waals surface area contributed by atoms with Gasteiger partial charge in [0.15, 0.2) is 4.34 Å². The number of nitro groups is 1. The molecule has 2 aromatic rings. The van der Waals surface area contributed by atoms with Gasteiger partial charge in [-0.15, -0.1) is 10.2 Å². The molecule has 0 saturated heterocycles. The lowest BCUT2D eigenvalue weighted by molar-refractivity contribution is -0.385. The Balaban J connectivity index is 2.12. The van der Waals surface area contributed by atoms with E-state index in [1.165, 1.54) is 29.5 Å². The normalized spacial score (nSPS) is 10.4. The van der Waals surface area contributed by atoms with Crippen LogP contribution in [-0.4, -0.2) is 26.8 Å². The van der Waals surface area contributed by atoms with Crippen molar-refractivity contribution in [2.24, 2.45) is 0 Å². The Kier molecular flexibility index (Phi) is 4.86. The highest BCUT2D eigenvalue weighted by Gasteiger charge is 2.15. The molecule has 0 aliphatic carbocycles. The Hall–Kier alpha value is -2.00. The number of nitro benzene ring substituents is 1. The number of thioether (sulfide) groups is 1. The molecule has 21 heavy (non-hydrogen) atoms. The van der Waals surface area contributed by atoms with Crippen LogP contribution < -0.4 is 5.32 Å². The SMILES string of the molecule is CCSc1nnc(NC(=O)c2ccc([N+](=O)[O-])c(C)c2)s1. The first kappa shape index (κ1) is 15.4. The van der Waals surface area contributed by atoms with Gasteiger partial charge in [0.05, 0.1) is 4.92 Å². The number of hydrogen-bond acceptors (Lipinski definition) is 7. The Morgan fingerprint density at radius 1 is 1.48 bits per heavy atom. The molecule has 0 aliphatic heterocycles. The van der Waals surface area contributed by atoms with Gasteiger partial charge in [0.25, 0.3) is 11.6 Å². The van der Waals surface area contributed by atoms with Crippen LogP contribution in [0.25, 0.3) is 0 Å². The fourth-order valence-corrected chi connectivity index (χ4v) is 3.26. The molecular weight excluding hydrogens is 312 g/mol. The van der Waals surface area contributed by atoms with Gasteiger partial charge in [0.2, 0.25) is 5.13 Å². The second-order valence-electron chi connectivity index (χ2n) is 4.02.